The van der Waals surface area contributed by atoms with Crippen LogP contribution in [0.4, 0.5) is 5.69 Å². The van der Waals surface area contributed by atoms with Crippen molar-refractivity contribution in [2.24, 2.45) is 0 Å². The Kier molecular flexibility index (Phi) is 6.55. The van der Waals surface area contributed by atoms with Crippen LogP contribution < -0.4 is 5.32 Å². The zero-order valence-corrected chi connectivity index (χ0v) is 17.5. The van der Waals surface area contributed by atoms with E-state index in [4.69, 9.17) is 0 Å². The lowest BCUT2D eigenvalue weighted by atomic mass is 10.0. The normalized spacial score (nSPS) is 10.5. The van der Waals surface area contributed by atoms with Crippen LogP contribution >= 0.6 is 11.8 Å². The molecule has 4 aromatic rings. The topological polar surface area (TPSA) is 59.1 Å². The molecular formula is C26H20N2O2S. The van der Waals surface area contributed by atoms with Gasteiger partial charge in [-0.1, -0.05) is 42.5 Å². The number of thioether (sulfide) groups is 1. The summed E-state index contributed by atoms with van der Waals surface area (Å²) in [5, 5.41) is 2.93. The van der Waals surface area contributed by atoms with Gasteiger partial charge in [0, 0.05) is 39.9 Å². The number of carbonyl (C=O) groups is 2. The van der Waals surface area contributed by atoms with Gasteiger partial charge in [-0.2, -0.15) is 0 Å². The van der Waals surface area contributed by atoms with Gasteiger partial charge in [0.15, 0.2) is 5.78 Å². The van der Waals surface area contributed by atoms with Gasteiger partial charge in [-0.05, 0) is 54.1 Å². The highest BCUT2D eigenvalue weighted by molar-refractivity contribution is 7.98. The molecule has 4 nitrogen and oxygen atoms in total. The number of rotatable bonds is 7. The number of benzene rings is 3. The number of aromatic nitrogens is 1. The first-order valence-electron chi connectivity index (χ1n) is 9.82. The molecular weight excluding hydrogens is 404 g/mol. The number of carbonyl (C=O) groups excluding carboxylic acids is 2. The number of ketones is 1. The maximum atomic E-state index is 12.9. The first-order valence-corrected chi connectivity index (χ1v) is 10.8. The molecule has 0 fully saturated rings. The fourth-order valence-electron chi connectivity index (χ4n) is 3.09. The summed E-state index contributed by atoms with van der Waals surface area (Å²) in [6.45, 7) is 0. The highest BCUT2D eigenvalue weighted by Gasteiger charge is 2.13. The van der Waals surface area contributed by atoms with Gasteiger partial charge in [-0.25, -0.2) is 0 Å². The smallest absolute Gasteiger partial charge is 0.256 e. The quantitative estimate of drug-likeness (QED) is 0.298. The van der Waals surface area contributed by atoms with Crippen molar-refractivity contribution < 1.29 is 9.59 Å². The number of nitrogens with one attached hydrogen (secondary N) is 1. The van der Waals surface area contributed by atoms with E-state index in [1.54, 1.807) is 60.6 Å². The van der Waals surface area contributed by atoms with Crippen LogP contribution in [-0.2, 0) is 5.75 Å². The van der Waals surface area contributed by atoms with Crippen molar-refractivity contribution in [2.45, 2.75) is 10.6 Å². The second kappa shape index (κ2) is 9.87. The first-order chi connectivity index (χ1) is 15.2. The lowest BCUT2D eigenvalue weighted by Gasteiger charge is -2.10. The molecule has 0 spiro atoms. The van der Waals surface area contributed by atoms with Gasteiger partial charge in [0.25, 0.3) is 5.91 Å². The Balaban J connectivity index is 1.44. The molecule has 31 heavy (non-hydrogen) atoms. The van der Waals surface area contributed by atoms with Crippen molar-refractivity contribution in [2.75, 3.05) is 5.32 Å². The van der Waals surface area contributed by atoms with Crippen LogP contribution in [0.3, 0.4) is 0 Å². The Morgan fingerprint density at radius 3 is 2.13 bits per heavy atom. The Morgan fingerprint density at radius 1 is 0.742 bits per heavy atom. The monoisotopic (exact) mass is 424 g/mol. The van der Waals surface area contributed by atoms with Crippen LogP contribution in [0.2, 0.25) is 0 Å². The Bertz CT molecular complexity index is 1180. The van der Waals surface area contributed by atoms with Gasteiger partial charge in [0.2, 0.25) is 0 Å². The molecule has 0 saturated carbocycles. The first kappa shape index (κ1) is 20.6. The lowest BCUT2D eigenvalue weighted by Crippen LogP contribution is -2.13. The molecule has 1 aromatic heterocycles. The Labute approximate surface area is 185 Å². The number of anilines is 1. The largest absolute Gasteiger partial charge is 0.322 e. The van der Waals surface area contributed by atoms with Crippen molar-refractivity contribution in [1.29, 1.82) is 0 Å². The van der Waals surface area contributed by atoms with Crippen molar-refractivity contribution in [3.63, 3.8) is 0 Å². The minimum Gasteiger partial charge on any atom is -0.322 e. The Morgan fingerprint density at radius 2 is 1.39 bits per heavy atom. The van der Waals surface area contributed by atoms with Crippen LogP contribution in [-0.4, -0.2) is 16.7 Å². The van der Waals surface area contributed by atoms with Crippen molar-refractivity contribution in [3.8, 4) is 0 Å². The molecule has 0 atom stereocenters. The molecule has 1 heterocycles. The summed E-state index contributed by atoms with van der Waals surface area (Å²) in [6.07, 6.45) is 3.18. The molecule has 1 N–H and O–H groups in total. The molecule has 0 aliphatic rings. The van der Waals surface area contributed by atoms with Gasteiger partial charge < -0.3 is 5.32 Å². The summed E-state index contributed by atoms with van der Waals surface area (Å²) in [5.74, 6) is 0.532. The second-order valence-electron chi connectivity index (χ2n) is 6.87. The summed E-state index contributed by atoms with van der Waals surface area (Å²) in [6, 6.07) is 28.0. The van der Waals surface area contributed by atoms with E-state index in [1.165, 1.54) is 5.56 Å². The van der Waals surface area contributed by atoms with E-state index in [0.717, 1.165) is 10.6 Å². The highest BCUT2D eigenvalue weighted by atomic mass is 32.2. The molecule has 152 valence electrons. The van der Waals surface area contributed by atoms with Crippen molar-refractivity contribution >= 4 is 29.1 Å². The molecule has 4 rings (SSSR count). The predicted molar refractivity (Wildman–Crippen MR) is 125 cm³/mol. The minimum absolute atomic E-state index is 0.0806. The summed E-state index contributed by atoms with van der Waals surface area (Å²) < 4.78 is 0. The lowest BCUT2D eigenvalue weighted by molar-refractivity contribution is 0.102. The maximum Gasteiger partial charge on any atom is 0.256 e. The molecule has 0 unspecified atom stereocenters. The average Bonchev–Trinajstić information content (AvgIpc) is 2.84. The maximum absolute atomic E-state index is 12.9. The second-order valence-corrected chi connectivity index (χ2v) is 7.88. The zero-order valence-electron chi connectivity index (χ0n) is 16.7. The number of hydrogen-bond donors (Lipinski definition) is 1. The summed E-state index contributed by atoms with van der Waals surface area (Å²) in [4.78, 5) is 30.3. The molecule has 0 aliphatic carbocycles. The third-order valence-electron chi connectivity index (χ3n) is 4.72. The van der Waals surface area contributed by atoms with Crippen LogP contribution in [0.25, 0.3) is 0 Å². The van der Waals surface area contributed by atoms with Gasteiger partial charge in [-0.3, -0.25) is 14.6 Å². The van der Waals surface area contributed by atoms with Crippen LogP contribution in [0.1, 0.15) is 31.8 Å². The van der Waals surface area contributed by atoms with Gasteiger partial charge in [0.05, 0.1) is 5.56 Å². The Hall–Kier alpha value is -3.70. The number of amides is 1. The average molecular weight is 425 g/mol. The third-order valence-corrected chi connectivity index (χ3v) is 5.86. The highest BCUT2D eigenvalue weighted by Crippen LogP contribution is 2.27. The SMILES string of the molecule is O=C(c1ccncc1)c1ccc(NC(=O)c2ccccc2SCc2ccccc2)cc1. The summed E-state index contributed by atoms with van der Waals surface area (Å²) >= 11 is 1.63. The fraction of sp³-hybridized carbons (Fsp3) is 0.0385. The van der Waals surface area contributed by atoms with Crippen molar-refractivity contribution in [3.05, 3.63) is 126 Å². The molecule has 3 aromatic carbocycles. The number of hydrogen-bond acceptors (Lipinski definition) is 4. The molecule has 0 saturated heterocycles. The standard InChI is InChI=1S/C26H20N2O2S/c29-25(21-14-16-27-17-15-21)20-10-12-22(13-11-20)28-26(30)23-8-4-5-9-24(23)31-18-19-6-2-1-3-7-19/h1-17H,18H2,(H,28,30). The molecule has 0 bridgehead atoms. The van der Waals surface area contributed by atoms with E-state index >= 15 is 0 Å². The van der Waals surface area contributed by atoms with E-state index in [2.05, 4.69) is 22.4 Å². The van der Waals surface area contributed by atoms with Gasteiger partial charge in [-0.15, -0.1) is 11.8 Å². The third kappa shape index (κ3) is 5.27. The number of nitrogens with zero attached hydrogens (tertiary/aromatic N) is 1. The van der Waals surface area contributed by atoms with E-state index in [1.807, 2.05) is 42.5 Å². The van der Waals surface area contributed by atoms with E-state index in [9.17, 15) is 9.59 Å². The fourth-order valence-corrected chi connectivity index (χ4v) is 4.09. The molecule has 0 radical (unpaired) electrons. The minimum atomic E-state index is -0.177. The van der Waals surface area contributed by atoms with Crippen LogP contribution in [0.15, 0.2) is 108 Å². The summed E-state index contributed by atoms with van der Waals surface area (Å²) in [5.41, 5.74) is 3.61. The predicted octanol–water partition coefficient (Wildman–Crippen LogP) is 5.86. The van der Waals surface area contributed by atoms with E-state index in [0.29, 0.717) is 22.4 Å². The van der Waals surface area contributed by atoms with Crippen LogP contribution in [0.5, 0.6) is 0 Å². The van der Waals surface area contributed by atoms with Gasteiger partial charge >= 0.3 is 0 Å². The van der Waals surface area contributed by atoms with E-state index < -0.39 is 0 Å². The summed E-state index contributed by atoms with van der Waals surface area (Å²) in [7, 11) is 0. The molecule has 5 heteroatoms. The molecule has 0 aliphatic heterocycles. The van der Waals surface area contributed by atoms with E-state index in [-0.39, 0.29) is 11.7 Å². The number of pyridine rings is 1. The molecule has 1 amide bonds. The zero-order chi connectivity index (χ0) is 21.5. The van der Waals surface area contributed by atoms with Crippen LogP contribution in [0, 0.1) is 0 Å². The van der Waals surface area contributed by atoms with Gasteiger partial charge in [0.1, 0.15) is 0 Å². The van der Waals surface area contributed by atoms with Crippen molar-refractivity contribution in [1.82, 2.24) is 4.98 Å².